The van der Waals surface area contributed by atoms with Crippen LogP contribution in [0, 0.1) is 0 Å². The highest BCUT2D eigenvalue weighted by Crippen LogP contribution is 2.22. The van der Waals surface area contributed by atoms with E-state index in [2.05, 4.69) is 48.2 Å². The van der Waals surface area contributed by atoms with Gasteiger partial charge < -0.3 is 9.64 Å². The molecular formula is C19H24ClNO. The Morgan fingerprint density at radius 1 is 0.909 bits per heavy atom. The van der Waals surface area contributed by atoms with Crippen molar-refractivity contribution in [1.82, 2.24) is 4.90 Å². The molecule has 0 heterocycles. The number of ether oxygens (including phenoxy) is 1. The van der Waals surface area contributed by atoms with Crippen molar-refractivity contribution in [3.05, 3.63) is 54.6 Å². The number of alkyl halides is 1. The Hall–Kier alpha value is -1.51. The minimum absolute atomic E-state index is 0.690. The molecule has 3 heteroatoms. The van der Waals surface area contributed by atoms with Crippen LogP contribution >= 0.6 is 11.6 Å². The van der Waals surface area contributed by atoms with Gasteiger partial charge in [0.25, 0.3) is 0 Å². The van der Waals surface area contributed by atoms with Crippen LogP contribution in [0.15, 0.2) is 54.6 Å². The molecule has 0 amide bonds. The highest BCUT2D eigenvalue weighted by Gasteiger charge is 2.02. The van der Waals surface area contributed by atoms with Crippen LogP contribution in [0.25, 0.3) is 11.1 Å². The van der Waals surface area contributed by atoms with Crippen LogP contribution in [0.1, 0.15) is 13.3 Å². The van der Waals surface area contributed by atoms with E-state index >= 15 is 0 Å². The van der Waals surface area contributed by atoms with Gasteiger partial charge in [-0.1, -0.05) is 49.4 Å². The molecule has 0 radical (unpaired) electrons. The van der Waals surface area contributed by atoms with Gasteiger partial charge in [0.2, 0.25) is 0 Å². The summed E-state index contributed by atoms with van der Waals surface area (Å²) in [6.07, 6.45) is 1.02. The Balaban J connectivity index is 1.77. The molecule has 118 valence electrons. The van der Waals surface area contributed by atoms with E-state index in [0.717, 1.165) is 38.4 Å². The minimum atomic E-state index is 0.690. The summed E-state index contributed by atoms with van der Waals surface area (Å²) in [5, 5.41) is 0. The average molecular weight is 318 g/mol. The zero-order valence-electron chi connectivity index (χ0n) is 13.2. The lowest BCUT2D eigenvalue weighted by molar-refractivity contribution is 0.250. The van der Waals surface area contributed by atoms with Crippen molar-refractivity contribution in [2.45, 2.75) is 13.3 Å². The van der Waals surface area contributed by atoms with Crippen LogP contribution in [-0.4, -0.2) is 37.0 Å². The molecule has 0 aliphatic carbocycles. The Bertz CT molecular complexity index is 527. The Morgan fingerprint density at radius 3 is 2.23 bits per heavy atom. The van der Waals surface area contributed by atoms with Crippen molar-refractivity contribution in [3.8, 4) is 16.9 Å². The third kappa shape index (κ3) is 5.36. The molecule has 2 aromatic rings. The van der Waals surface area contributed by atoms with Gasteiger partial charge in [-0.15, -0.1) is 11.6 Å². The number of nitrogens with zero attached hydrogens (tertiary/aromatic N) is 1. The maximum absolute atomic E-state index is 5.81. The number of hydrogen-bond acceptors (Lipinski definition) is 2. The topological polar surface area (TPSA) is 12.5 Å². The molecule has 0 saturated carbocycles. The molecular weight excluding hydrogens is 294 g/mol. The first-order chi connectivity index (χ1) is 10.8. The summed E-state index contributed by atoms with van der Waals surface area (Å²) < 4.78 is 5.81. The van der Waals surface area contributed by atoms with E-state index in [1.165, 1.54) is 11.1 Å². The van der Waals surface area contributed by atoms with Crippen LogP contribution in [0.2, 0.25) is 0 Å². The molecule has 0 atom stereocenters. The van der Waals surface area contributed by atoms with E-state index in [1.807, 2.05) is 18.2 Å². The number of benzene rings is 2. The molecule has 0 unspecified atom stereocenters. The van der Waals surface area contributed by atoms with Crippen LogP contribution in [0.4, 0.5) is 0 Å². The lowest BCUT2D eigenvalue weighted by atomic mass is 10.1. The highest BCUT2D eigenvalue weighted by molar-refractivity contribution is 6.18. The molecule has 2 rings (SSSR count). The zero-order chi connectivity index (χ0) is 15.6. The highest BCUT2D eigenvalue weighted by atomic mass is 35.5. The quantitative estimate of drug-likeness (QED) is 0.491. The number of hydrogen-bond donors (Lipinski definition) is 0. The first-order valence-electron chi connectivity index (χ1n) is 7.90. The number of halogens is 1. The van der Waals surface area contributed by atoms with Crippen molar-refractivity contribution < 1.29 is 4.74 Å². The van der Waals surface area contributed by atoms with Gasteiger partial charge in [-0.25, -0.2) is 0 Å². The van der Waals surface area contributed by atoms with Crippen molar-refractivity contribution in [2.75, 3.05) is 32.1 Å². The fourth-order valence-electron chi connectivity index (χ4n) is 2.40. The van der Waals surface area contributed by atoms with Crippen molar-refractivity contribution in [3.63, 3.8) is 0 Å². The predicted molar refractivity (Wildman–Crippen MR) is 94.8 cm³/mol. The summed E-state index contributed by atoms with van der Waals surface area (Å²) in [4.78, 5) is 2.34. The Kier molecular flexibility index (Phi) is 7.27. The van der Waals surface area contributed by atoms with Gasteiger partial charge in [0.15, 0.2) is 0 Å². The molecule has 0 saturated heterocycles. The summed E-state index contributed by atoms with van der Waals surface area (Å²) >= 11 is 5.78. The van der Waals surface area contributed by atoms with Crippen LogP contribution < -0.4 is 4.74 Å². The largest absolute Gasteiger partial charge is 0.494 e. The molecule has 0 bridgehead atoms. The van der Waals surface area contributed by atoms with E-state index in [9.17, 15) is 0 Å². The molecule has 2 nitrogen and oxygen atoms in total. The van der Waals surface area contributed by atoms with Crippen LogP contribution in [0.3, 0.4) is 0 Å². The molecule has 22 heavy (non-hydrogen) atoms. The second-order valence-electron chi connectivity index (χ2n) is 5.22. The fraction of sp³-hybridized carbons (Fsp3) is 0.368. The van der Waals surface area contributed by atoms with Crippen LogP contribution in [0.5, 0.6) is 5.75 Å². The van der Waals surface area contributed by atoms with Crippen molar-refractivity contribution in [1.29, 1.82) is 0 Å². The van der Waals surface area contributed by atoms with Gasteiger partial charge in [0.05, 0.1) is 6.61 Å². The monoisotopic (exact) mass is 317 g/mol. The summed E-state index contributed by atoms with van der Waals surface area (Å²) in [6, 6.07) is 18.7. The maximum Gasteiger partial charge on any atom is 0.119 e. The zero-order valence-corrected chi connectivity index (χ0v) is 13.9. The van der Waals surface area contributed by atoms with Gasteiger partial charge in [-0.05, 0) is 36.2 Å². The molecule has 0 aliphatic heterocycles. The first-order valence-corrected chi connectivity index (χ1v) is 8.43. The summed E-state index contributed by atoms with van der Waals surface area (Å²) in [7, 11) is 0. The van der Waals surface area contributed by atoms with Gasteiger partial charge >= 0.3 is 0 Å². The number of rotatable bonds is 9. The second kappa shape index (κ2) is 9.50. The van der Waals surface area contributed by atoms with Gasteiger partial charge in [0, 0.05) is 19.0 Å². The molecule has 0 aliphatic rings. The SMILES string of the molecule is CCN(CCCl)CCCOc1ccc(-c2ccccc2)cc1. The Morgan fingerprint density at radius 2 is 1.59 bits per heavy atom. The maximum atomic E-state index is 5.81. The smallest absolute Gasteiger partial charge is 0.119 e. The lowest BCUT2D eigenvalue weighted by Crippen LogP contribution is -2.27. The van der Waals surface area contributed by atoms with Crippen molar-refractivity contribution >= 4 is 11.6 Å². The molecule has 0 spiro atoms. The van der Waals surface area contributed by atoms with E-state index in [0.29, 0.717) is 5.88 Å². The third-order valence-corrected chi connectivity index (χ3v) is 3.87. The van der Waals surface area contributed by atoms with Crippen molar-refractivity contribution in [2.24, 2.45) is 0 Å². The molecule has 0 N–H and O–H groups in total. The normalized spacial score (nSPS) is 10.9. The van der Waals surface area contributed by atoms with Gasteiger partial charge in [-0.3, -0.25) is 0 Å². The minimum Gasteiger partial charge on any atom is -0.494 e. The van der Waals surface area contributed by atoms with Crippen LogP contribution in [-0.2, 0) is 0 Å². The van der Waals surface area contributed by atoms with E-state index in [-0.39, 0.29) is 0 Å². The fourth-order valence-corrected chi connectivity index (χ4v) is 2.64. The summed E-state index contributed by atoms with van der Waals surface area (Å²) in [5.41, 5.74) is 2.45. The van der Waals surface area contributed by atoms with E-state index < -0.39 is 0 Å². The lowest BCUT2D eigenvalue weighted by Gasteiger charge is -2.18. The predicted octanol–water partition coefficient (Wildman–Crippen LogP) is 4.68. The van der Waals surface area contributed by atoms with Gasteiger partial charge in [0.1, 0.15) is 5.75 Å². The van der Waals surface area contributed by atoms with E-state index in [4.69, 9.17) is 16.3 Å². The third-order valence-electron chi connectivity index (χ3n) is 3.70. The first kappa shape index (κ1) is 16.9. The molecule has 2 aromatic carbocycles. The summed E-state index contributed by atoms with van der Waals surface area (Å²) in [6.45, 7) is 5.92. The molecule has 0 aromatic heterocycles. The van der Waals surface area contributed by atoms with Gasteiger partial charge in [-0.2, -0.15) is 0 Å². The Labute approximate surface area is 138 Å². The summed E-state index contributed by atoms with van der Waals surface area (Å²) in [5.74, 6) is 1.62. The second-order valence-corrected chi connectivity index (χ2v) is 5.59. The molecule has 0 fully saturated rings. The van der Waals surface area contributed by atoms with E-state index in [1.54, 1.807) is 0 Å². The average Bonchev–Trinajstić information content (AvgIpc) is 2.59. The standard InChI is InChI=1S/C19H24ClNO/c1-2-21(15-13-20)14-6-16-22-19-11-9-18(10-12-19)17-7-4-3-5-8-17/h3-5,7-12H,2,6,13-16H2,1H3.